The van der Waals surface area contributed by atoms with E-state index in [2.05, 4.69) is 30.8 Å². The first kappa shape index (κ1) is 26.2. The van der Waals surface area contributed by atoms with Crippen molar-refractivity contribution in [3.63, 3.8) is 0 Å². The van der Waals surface area contributed by atoms with Gasteiger partial charge in [-0.25, -0.2) is 4.98 Å². The lowest BCUT2D eigenvalue weighted by Crippen LogP contribution is -2.26. The van der Waals surface area contributed by atoms with Crippen molar-refractivity contribution < 1.29 is 22.8 Å². The minimum atomic E-state index is -4.79. The van der Waals surface area contributed by atoms with Crippen molar-refractivity contribution in [3.05, 3.63) is 69.8 Å². The Morgan fingerprint density at radius 2 is 2.05 bits per heavy atom. The lowest BCUT2D eigenvalue weighted by molar-refractivity contribution is -0.145. The number of anilines is 2. The van der Waals surface area contributed by atoms with E-state index in [4.69, 9.17) is 11.6 Å². The molecule has 0 fully saturated rings. The zero-order valence-electron chi connectivity index (χ0n) is 19.6. The Bertz CT molecular complexity index is 1570. The first-order valence-electron chi connectivity index (χ1n) is 10.6. The van der Waals surface area contributed by atoms with Crippen LogP contribution in [0.4, 0.5) is 24.7 Å². The summed E-state index contributed by atoms with van der Waals surface area (Å²) in [4.78, 5) is 31.2. The number of nitrogens with zero attached hydrogens (tertiary/aromatic N) is 9. The van der Waals surface area contributed by atoms with Crippen LogP contribution in [0.2, 0.25) is 5.02 Å². The van der Waals surface area contributed by atoms with Crippen LogP contribution in [0.15, 0.2) is 36.5 Å². The third-order valence-electron chi connectivity index (χ3n) is 5.19. The van der Waals surface area contributed by atoms with Crippen LogP contribution in [-0.4, -0.2) is 54.3 Å². The number of amides is 2. The van der Waals surface area contributed by atoms with Crippen molar-refractivity contribution in [1.29, 1.82) is 5.26 Å². The van der Waals surface area contributed by atoms with Gasteiger partial charge in [0.05, 0.1) is 33.6 Å². The van der Waals surface area contributed by atoms with Gasteiger partial charge in [0.2, 0.25) is 6.41 Å². The maximum Gasteiger partial charge on any atom is 0.455 e. The molecule has 0 aliphatic heterocycles. The van der Waals surface area contributed by atoms with Crippen LogP contribution in [0.3, 0.4) is 0 Å². The van der Waals surface area contributed by atoms with Crippen molar-refractivity contribution >= 4 is 35.4 Å². The lowest BCUT2D eigenvalue weighted by Gasteiger charge is -2.23. The molecule has 4 aromatic rings. The molecule has 2 amide bonds. The highest BCUT2D eigenvalue weighted by molar-refractivity contribution is 6.32. The van der Waals surface area contributed by atoms with Gasteiger partial charge in [0.25, 0.3) is 11.7 Å². The number of nitriles is 1. The Kier molecular flexibility index (Phi) is 7.08. The summed E-state index contributed by atoms with van der Waals surface area (Å²) >= 11 is 6.33. The molecular weight excluding hydrogens is 529 g/mol. The summed E-state index contributed by atoms with van der Waals surface area (Å²) in [7, 11) is 1.39. The van der Waals surface area contributed by atoms with Gasteiger partial charge in [-0.05, 0) is 42.0 Å². The van der Waals surface area contributed by atoms with Crippen LogP contribution in [-0.2, 0) is 17.5 Å². The molecule has 194 valence electrons. The van der Waals surface area contributed by atoms with E-state index in [1.165, 1.54) is 42.2 Å². The predicted molar refractivity (Wildman–Crippen MR) is 126 cm³/mol. The largest absolute Gasteiger partial charge is 0.455 e. The van der Waals surface area contributed by atoms with Crippen molar-refractivity contribution in [2.75, 3.05) is 11.9 Å². The lowest BCUT2D eigenvalue weighted by atomic mass is 10.0. The van der Waals surface area contributed by atoms with Gasteiger partial charge in [-0.15, -0.1) is 10.2 Å². The summed E-state index contributed by atoms with van der Waals surface area (Å²) in [6.07, 6.45) is -2.94. The summed E-state index contributed by atoms with van der Waals surface area (Å²) < 4.78 is 39.9. The average molecular weight is 545 g/mol. The number of hydrogen-bond donors (Lipinski definition) is 1. The van der Waals surface area contributed by atoms with E-state index in [9.17, 15) is 28.0 Å². The summed E-state index contributed by atoms with van der Waals surface area (Å²) in [6, 6.07) is 9.25. The number of alkyl halides is 3. The predicted octanol–water partition coefficient (Wildman–Crippen LogP) is 2.81. The second-order valence-electron chi connectivity index (χ2n) is 7.71. The van der Waals surface area contributed by atoms with Gasteiger partial charge in [-0.2, -0.15) is 33.0 Å². The van der Waals surface area contributed by atoms with Crippen LogP contribution in [0.25, 0.3) is 5.82 Å². The molecule has 38 heavy (non-hydrogen) atoms. The van der Waals surface area contributed by atoms with Gasteiger partial charge < -0.3 is 5.32 Å². The van der Waals surface area contributed by atoms with Gasteiger partial charge in [0, 0.05) is 19.3 Å². The highest BCUT2D eigenvalue weighted by atomic mass is 35.5. The van der Waals surface area contributed by atoms with Gasteiger partial charge in [-0.1, -0.05) is 11.6 Å². The smallest absolute Gasteiger partial charge is 0.355 e. The number of aryl methyl sites for hydroxylation is 1. The molecule has 0 aliphatic carbocycles. The fraction of sp³-hybridized carbons (Fsp3) is 0.182. The number of halogens is 4. The van der Waals surface area contributed by atoms with Crippen molar-refractivity contribution in [1.82, 2.24) is 40.3 Å². The Balaban J connectivity index is 1.90. The monoisotopic (exact) mass is 544 g/mol. The molecule has 1 aromatic carbocycles. The molecule has 1 N–H and O–H groups in total. The van der Waals surface area contributed by atoms with Gasteiger partial charge >= 0.3 is 6.18 Å². The molecule has 0 radical (unpaired) electrons. The number of hydrogen-bond acceptors (Lipinski definition) is 8. The molecule has 16 heteroatoms. The van der Waals surface area contributed by atoms with Gasteiger partial charge in [0.15, 0.2) is 5.82 Å². The summed E-state index contributed by atoms with van der Waals surface area (Å²) in [5.74, 6) is -1.86. The highest BCUT2D eigenvalue weighted by Crippen LogP contribution is 2.34. The third-order valence-corrected chi connectivity index (χ3v) is 5.48. The summed E-state index contributed by atoms with van der Waals surface area (Å²) in [5.41, 5.74) is 0.869. The topological polar surface area (TPSA) is 148 Å². The van der Waals surface area contributed by atoms with Crippen molar-refractivity contribution in [2.45, 2.75) is 19.6 Å². The van der Waals surface area contributed by atoms with Crippen LogP contribution < -0.4 is 10.2 Å². The number of carbonyl (C=O) groups excluding carboxylic acids is 2. The Morgan fingerprint density at radius 3 is 2.66 bits per heavy atom. The quantitative estimate of drug-likeness (QED) is 0.349. The van der Waals surface area contributed by atoms with Crippen LogP contribution >= 0.6 is 11.6 Å². The number of tetrazole rings is 1. The number of nitrogens with one attached hydrogen (secondary N) is 1. The molecule has 12 nitrogen and oxygen atoms in total. The fourth-order valence-corrected chi connectivity index (χ4v) is 3.82. The maximum absolute atomic E-state index is 12.9. The van der Waals surface area contributed by atoms with Crippen molar-refractivity contribution in [3.8, 4) is 11.9 Å². The number of pyridine rings is 1. The standard InChI is InChI=1S/C22H16ClF3N10O2/c1-12-6-13(9-27)7-15(20(38)28-2)18(12)34(11-37)17-8-14(10-35-32-21(30-33-35)22(24,25)26)31-36(17)19-16(23)4-3-5-29-19/h3-8,11H,10H2,1-2H3,(H,28,38). The summed E-state index contributed by atoms with van der Waals surface area (Å²) in [6.45, 7) is 1.25. The van der Waals surface area contributed by atoms with E-state index < -0.39 is 17.9 Å². The highest BCUT2D eigenvalue weighted by Gasteiger charge is 2.37. The first-order chi connectivity index (χ1) is 18.1. The van der Waals surface area contributed by atoms with Gasteiger partial charge in [0.1, 0.15) is 12.4 Å². The number of aromatic nitrogens is 7. The normalized spacial score (nSPS) is 11.2. The molecular formula is C22H16ClF3N10O2. The molecule has 3 aromatic heterocycles. The van der Waals surface area contributed by atoms with Crippen LogP contribution in [0.1, 0.15) is 33.0 Å². The molecule has 4 rings (SSSR count). The van der Waals surface area contributed by atoms with E-state index in [1.54, 1.807) is 13.0 Å². The Labute approximate surface area is 217 Å². The van der Waals surface area contributed by atoms with Crippen LogP contribution in [0.5, 0.6) is 0 Å². The molecule has 0 aliphatic rings. The Morgan fingerprint density at radius 1 is 1.29 bits per heavy atom. The molecule has 0 spiro atoms. The van der Waals surface area contributed by atoms with E-state index in [-0.39, 0.29) is 45.7 Å². The molecule has 0 unspecified atom stereocenters. The Hall–Kier alpha value is -4.84. The molecule has 0 saturated heterocycles. The van der Waals surface area contributed by atoms with Gasteiger partial charge in [-0.3, -0.25) is 14.5 Å². The fourth-order valence-electron chi connectivity index (χ4n) is 3.62. The molecule has 0 atom stereocenters. The SMILES string of the molecule is CNC(=O)c1cc(C#N)cc(C)c1N(C=O)c1cc(Cn2nnc(C(F)(F)F)n2)nn1-c1ncccc1Cl. The second kappa shape index (κ2) is 10.3. The summed E-state index contributed by atoms with van der Waals surface area (Å²) in [5, 5.41) is 26.1. The van der Waals surface area contributed by atoms with E-state index >= 15 is 0 Å². The third kappa shape index (κ3) is 5.02. The minimum Gasteiger partial charge on any atom is -0.355 e. The number of benzene rings is 1. The zero-order chi connectivity index (χ0) is 27.6. The number of rotatable bonds is 7. The van der Waals surface area contributed by atoms with E-state index in [0.29, 0.717) is 16.8 Å². The molecule has 0 bridgehead atoms. The maximum atomic E-state index is 12.9. The average Bonchev–Trinajstić information content (AvgIpc) is 3.52. The van der Waals surface area contributed by atoms with E-state index in [0.717, 1.165) is 4.90 Å². The molecule has 0 saturated carbocycles. The first-order valence-corrected chi connectivity index (χ1v) is 11.0. The van der Waals surface area contributed by atoms with E-state index in [1.807, 2.05) is 6.07 Å². The van der Waals surface area contributed by atoms with Crippen molar-refractivity contribution in [2.24, 2.45) is 0 Å². The zero-order valence-corrected chi connectivity index (χ0v) is 20.4. The molecule has 3 heterocycles. The minimum absolute atomic E-state index is 0.0188. The number of carbonyl (C=O) groups is 2. The second-order valence-corrected chi connectivity index (χ2v) is 8.12. The van der Waals surface area contributed by atoms with Crippen LogP contribution in [0, 0.1) is 18.3 Å².